The van der Waals surface area contributed by atoms with Crippen LogP contribution in [-0.2, 0) is 0 Å². The SMILES string of the molecule is Nc1ccccc1Nc1ccc(Nc2nccs2)cc1. The monoisotopic (exact) mass is 282 g/mol. The van der Waals surface area contributed by atoms with E-state index in [1.165, 1.54) is 0 Å². The zero-order chi connectivity index (χ0) is 13.8. The maximum atomic E-state index is 5.91. The van der Waals surface area contributed by atoms with E-state index in [1.807, 2.05) is 53.9 Å². The summed E-state index contributed by atoms with van der Waals surface area (Å²) in [5.74, 6) is 0. The average molecular weight is 282 g/mol. The Morgan fingerprint density at radius 1 is 0.900 bits per heavy atom. The van der Waals surface area contributed by atoms with Gasteiger partial charge >= 0.3 is 0 Å². The molecule has 20 heavy (non-hydrogen) atoms. The highest BCUT2D eigenvalue weighted by Crippen LogP contribution is 2.25. The summed E-state index contributed by atoms with van der Waals surface area (Å²) >= 11 is 1.57. The molecular formula is C15H14N4S. The molecule has 100 valence electrons. The summed E-state index contributed by atoms with van der Waals surface area (Å²) in [7, 11) is 0. The van der Waals surface area contributed by atoms with E-state index in [4.69, 9.17) is 5.73 Å². The summed E-state index contributed by atoms with van der Waals surface area (Å²) in [5.41, 5.74) is 9.55. The number of hydrogen-bond donors (Lipinski definition) is 3. The first kappa shape index (κ1) is 12.5. The number of hydrogen-bond acceptors (Lipinski definition) is 5. The van der Waals surface area contributed by atoms with E-state index in [9.17, 15) is 0 Å². The quantitative estimate of drug-likeness (QED) is 0.627. The predicted octanol–water partition coefficient (Wildman–Crippen LogP) is 4.21. The number of benzene rings is 2. The number of para-hydroxylation sites is 2. The van der Waals surface area contributed by atoms with Gasteiger partial charge in [-0.2, -0.15) is 0 Å². The van der Waals surface area contributed by atoms with Crippen molar-refractivity contribution in [2.45, 2.75) is 0 Å². The minimum atomic E-state index is 0.734. The highest BCUT2D eigenvalue weighted by atomic mass is 32.1. The fourth-order valence-corrected chi connectivity index (χ4v) is 2.36. The minimum Gasteiger partial charge on any atom is -0.397 e. The smallest absolute Gasteiger partial charge is 0.187 e. The summed E-state index contributed by atoms with van der Waals surface area (Å²) in [6.45, 7) is 0. The second kappa shape index (κ2) is 5.63. The fraction of sp³-hybridized carbons (Fsp3) is 0. The molecule has 0 unspecified atom stereocenters. The molecule has 3 aromatic rings. The van der Waals surface area contributed by atoms with Crippen molar-refractivity contribution in [3.63, 3.8) is 0 Å². The van der Waals surface area contributed by atoms with Crippen LogP contribution in [0.25, 0.3) is 0 Å². The van der Waals surface area contributed by atoms with Crippen molar-refractivity contribution >= 4 is 39.2 Å². The van der Waals surface area contributed by atoms with E-state index < -0.39 is 0 Å². The van der Waals surface area contributed by atoms with Crippen LogP contribution in [0.5, 0.6) is 0 Å². The molecule has 0 spiro atoms. The molecule has 0 aliphatic carbocycles. The third kappa shape index (κ3) is 2.89. The molecule has 0 saturated carbocycles. The van der Waals surface area contributed by atoms with Gasteiger partial charge in [0, 0.05) is 23.0 Å². The number of nitrogen functional groups attached to an aromatic ring is 1. The van der Waals surface area contributed by atoms with Crippen LogP contribution in [0.3, 0.4) is 0 Å². The number of anilines is 5. The van der Waals surface area contributed by atoms with E-state index >= 15 is 0 Å². The lowest BCUT2D eigenvalue weighted by Crippen LogP contribution is -1.96. The van der Waals surface area contributed by atoms with Gasteiger partial charge in [0.15, 0.2) is 5.13 Å². The second-order valence-electron chi connectivity index (χ2n) is 4.25. The van der Waals surface area contributed by atoms with E-state index in [1.54, 1.807) is 17.5 Å². The van der Waals surface area contributed by atoms with Crippen LogP contribution in [0.1, 0.15) is 0 Å². The van der Waals surface area contributed by atoms with Gasteiger partial charge in [0.25, 0.3) is 0 Å². The molecule has 0 radical (unpaired) electrons. The molecule has 0 aliphatic heterocycles. The molecule has 0 fully saturated rings. The molecule has 4 nitrogen and oxygen atoms in total. The molecule has 0 aliphatic rings. The van der Waals surface area contributed by atoms with E-state index in [2.05, 4.69) is 15.6 Å². The highest BCUT2D eigenvalue weighted by molar-refractivity contribution is 7.13. The van der Waals surface area contributed by atoms with Gasteiger partial charge in [-0.3, -0.25) is 0 Å². The first-order valence-corrected chi connectivity index (χ1v) is 7.07. The Hall–Kier alpha value is -2.53. The normalized spacial score (nSPS) is 10.2. The van der Waals surface area contributed by atoms with Crippen molar-refractivity contribution in [1.29, 1.82) is 0 Å². The number of nitrogens with zero attached hydrogens (tertiary/aromatic N) is 1. The maximum absolute atomic E-state index is 5.91. The van der Waals surface area contributed by atoms with Gasteiger partial charge in [-0.25, -0.2) is 4.98 Å². The third-order valence-corrected chi connectivity index (χ3v) is 3.50. The summed E-state index contributed by atoms with van der Waals surface area (Å²) < 4.78 is 0. The van der Waals surface area contributed by atoms with Crippen molar-refractivity contribution in [3.8, 4) is 0 Å². The Bertz CT molecular complexity index is 677. The van der Waals surface area contributed by atoms with Crippen LogP contribution < -0.4 is 16.4 Å². The minimum absolute atomic E-state index is 0.734. The Morgan fingerprint density at radius 2 is 1.60 bits per heavy atom. The summed E-state index contributed by atoms with van der Waals surface area (Å²) in [4.78, 5) is 4.19. The van der Waals surface area contributed by atoms with Crippen LogP contribution in [0, 0.1) is 0 Å². The van der Waals surface area contributed by atoms with E-state index in [0.717, 1.165) is 27.9 Å². The van der Waals surface area contributed by atoms with Crippen LogP contribution in [0.2, 0.25) is 0 Å². The first-order chi connectivity index (χ1) is 9.81. The maximum Gasteiger partial charge on any atom is 0.187 e. The zero-order valence-electron chi connectivity index (χ0n) is 10.7. The van der Waals surface area contributed by atoms with E-state index in [-0.39, 0.29) is 0 Å². The lowest BCUT2D eigenvalue weighted by Gasteiger charge is -2.10. The van der Waals surface area contributed by atoms with Crippen molar-refractivity contribution in [3.05, 3.63) is 60.1 Å². The second-order valence-corrected chi connectivity index (χ2v) is 5.15. The number of nitrogens with two attached hydrogens (primary N) is 1. The molecule has 3 rings (SSSR count). The van der Waals surface area contributed by atoms with E-state index in [0.29, 0.717) is 0 Å². The van der Waals surface area contributed by atoms with Crippen molar-refractivity contribution in [2.75, 3.05) is 16.4 Å². The molecule has 5 heteroatoms. The van der Waals surface area contributed by atoms with Crippen molar-refractivity contribution in [1.82, 2.24) is 4.98 Å². The largest absolute Gasteiger partial charge is 0.397 e. The topological polar surface area (TPSA) is 63.0 Å². The van der Waals surface area contributed by atoms with Gasteiger partial charge in [-0.15, -0.1) is 11.3 Å². The molecular weight excluding hydrogens is 268 g/mol. The fourth-order valence-electron chi connectivity index (χ4n) is 1.81. The van der Waals surface area contributed by atoms with Gasteiger partial charge in [0.2, 0.25) is 0 Å². The van der Waals surface area contributed by atoms with Crippen molar-refractivity contribution < 1.29 is 0 Å². The molecule has 0 saturated heterocycles. The van der Waals surface area contributed by atoms with Gasteiger partial charge in [0.1, 0.15) is 0 Å². The Kier molecular flexibility index (Phi) is 3.52. The molecule has 1 aromatic heterocycles. The Labute approximate surface area is 121 Å². The van der Waals surface area contributed by atoms with Gasteiger partial charge in [-0.1, -0.05) is 12.1 Å². The van der Waals surface area contributed by atoms with Crippen molar-refractivity contribution in [2.24, 2.45) is 0 Å². The average Bonchev–Trinajstić information content (AvgIpc) is 2.96. The molecule has 0 amide bonds. The van der Waals surface area contributed by atoms with Crippen LogP contribution in [0.15, 0.2) is 60.1 Å². The zero-order valence-corrected chi connectivity index (χ0v) is 11.5. The highest BCUT2D eigenvalue weighted by Gasteiger charge is 2.00. The van der Waals surface area contributed by atoms with Crippen LogP contribution in [-0.4, -0.2) is 4.98 Å². The molecule has 0 atom stereocenters. The lowest BCUT2D eigenvalue weighted by molar-refractivity contribution is 1.39. The number of thiazole rings is 1. The predicted molar refractivity (Wildman–Crippen MR) is 86.0 cm³/mol. The Morgan fingerprint density at radius 3 is 2.25 bits per heavy atom. The van der Waals surface area contributed by atoms with Gasteiger partial charge < -0.3 is 16.4 Å². The lowest BCUT2D eigenvalue weighted by atomic mass is 10.2. The summed E-state index contributed by atoms with van der Waals surface area (Å²) in [6.07, 6.45) is 1.78. The molecule has 4 N–H and O–H groups in total. The van der Waals surface area contributed by atoms with Crippen LogP contribution in [0.4, 0.5) is 27.9 Å². The van der Waals surface area contributed by atoms with Gasteiger partial charge in [0.05, 0.1) is 11.4 Å². The molecule has 0 bridgehead atoms. The molecule has 2 aromatic carbocycles. The third-order valence-electron chi connectivity index (χ3n) is 2.81. The molecule has 1 heterocycles. The standard InChI is InChI=1S/C15H14N4S/c16-13-3-1-2-4-14(13)18-11-5-7-12(8-6-11)19-15-17-9-10-20-15/h1-10,18H,16H2,(H,17,19). The first-order valence-electron chi connectivity index (χ1n) is 6.19. The summed E-state index contributed by atoms with van der Waals surface area (Å²) in [5, 5.41) is 9.36. The number of nitrogens with one attached hydrogen (secondary N) is 2. The Balaban J connectivity index is 1.72. The number of aromatic nitrogens is 1. The van der Waals surface area contributed by atoms with Crippen LogP contribution >= 0.6 is 11.3 Å². The van der Waals surface area contributed by atoms with Gasteiger partial charge in [-0.05, 0) is 36.4 Å². The summed E-state index contributed by atoms with van der Waals surface area (Å²) in [6, 6.07) is 15.7. The number of rotatable bonds is 4.